The number of nitrogens with zero attached hydrogens (tertiary/aromatic N) is 1. The van der Waals surface area contributed by atoms with Crippen LogP contribution in [0.1, 0.15) is 10.4 Å². The second kappa shape index (κ2) is 6.99. The Bertz CT molecular complexity index is 614. The second-order valence-corrected chi connectivity index (χ2v) is 5.05. The van der Waals surface area contributed by atoms with Gasteiger partial charge < -0.3 is 15.4 Å². The van der Waals surface area contributed by atoms with Gasteiger partial charge >= 0.3 is 0 Å². The summed E-state index contributed by atoms with van der Waals surface area (Å²) in [5.41, 5.74) is 6.79. The van der Waals surface area contributed by atoms with Crippen LogP contribution >= 0.6 is 11.6 Å². The van der Waals surface area contributed by atoms with Crippen molar-refractivity contribution < 1.29 is 9.53 Å². The fraction of sp³-hybridized carbons (Fsp3) is 0.188. The average Bonchev–Trinajstić information content (AvgIpc) is 2.49. The van der Waals surface area contributed by atoms with E-state index in [0.717, 1.165) is 5.75 Å². The van der Waals surface area contributed by atoms with Crippen molar-refractivity contribution >= 4 is 23.2 Å². The van der Waals surface area contributed by atoms with Crippen LogP contribution in [-0.4, -0.2) is 31.0 Å². The lowest BCUT2D eigenvalue weighted by Crippen LogP contribution is -2.31. The molecule has 0 aromatic heterocycles. The van der Waals surface area contributed by atoms with Gasteiger partial charge in [0.2, 0.25) is 0 Å². The molecular weight excluding hydrogens is 288 g/mol. The Morgan fingerprint density at radius 1 is 1.19 bits per heavy atom. The standard InChI is InChI=1S/C16H17ClN2O2/c1-19(16(20)14-4-2-3-5-15(14)18)10-11-21-13-8-6-12(17)7-9-13/h2-9H,10-11,18H2,1H3. The molecule has 0 bridgehead atoms. The van der Waals surface area contributed by atoms with Crippen molar-refractivity contribution in [1.29, 1.82) is 0 Å². The third kappa shape index (κ3) is 4.13. The first-order chi connectivity index (χ1) is 10.1. The van der Waals surface area contributed by atoms with E-state index in [1.807, 2.05) is 0 Å². The van der Waals surface area contributed by atoms with Crippen LogP contribution in [0.4, 0.5) is 5.69 Å². The van der Waals surface area contributed by atoms with Crippen molar-refractivity contribution in [3.8, 4) is 5.75 Å². The zero-order valence-corrected chi connectivity index (χ0v) is 12.5. The number of carbonyl (C=O) groups excluding carboxylic acids is 1. The molecule has 0 saturated carbocycles. The van der Waals surface area contributed by atoms with Crippen LogP contribution in [0.15, 0.2) is 48.5 Å². The number of halogens is 1. The summed E-state index contributed by atoms with van der Waals surface area (Å²) in [6.07, 6.45) is 0. The van der Waals surface area contributed by atoms with E-state index in [1.165, 1.54) is 0 Å². The Balaban J connectivity index is 1.87. The van der Waals surface area contributed by atoms with Crippen molar-refractivity contribution in [1.82, 2.24) is 4.90 Å². The number of ether oxygens (including phenoxy) is 1. The van der Waals surface area contributed by atoms with Gasteiger partial charge in [-0.25, -0.2) is 0 Å². The lowest BCUT2D eigenvalue weighted by atomic mass is 10.1. The van der Waals surface area contributed by atoms with Gasteiger partial charge in [-0.1, -0.05) is 23.7 Å². The fourth-order valence-electron chi connectivity index (χ4n) is 1.83. The first-order valence-electron chi connectivity index (χ1n) is 6.56. The van der Waals surface area contributed by atoms with E-state index in [9.17, 15) is 4.79 Å². The number of anilines is 1. The van der Waals surface area contributed by atoms with Crippen molar-refractivity contribution in [2.45, 2.75) is 0 Å². The Morgan fingerprint density at radius 2 is 1.86 bits per heavy atom. The Kier molecular flexibility index (Phi) is 5.06. The molecule has 4 nitrogen and oxygen atoms in total. The fourth-order valence-corrected chi connectivity index (χ4v) is 1.96. The molecule has 0 heterocycles. The maximum absolute atomic E-state index is 12.2. The Morgan fingerprint density at radius 3 is 2.52 bits per heavy atom. The molecule has 1 amide bonds. The quantitative estimate of drug-likeness (QED) is 0.864. The molecule has 0 unspecified atom stereocenters. The minimum atomic E-state index is -0.118. The van der Waals surface area contributed by atoms with E-state index in [0.29, 0.717) is 29.4 Å². The normalized spacial score (nSPS) is 10.2. The zero-order chi connectivity index (χ0) is 15.2. The van der Waals surface area contributed by atoms with E-state index >= 15 is 0 Å². The van der Waals surface area contributed by atoms with E-state index in [1.54, 1.807) is 60.5 Å². The summed E-state index contributed by atoms with van der Waals surface area (Å²) in [4.78, 5) is 13.8. The molecule has 0 atom stereocenters. The van der Waals surface area contributed by atoms with Gasteiger partial charge in [-0.2, -0.15) is 0 Å². The molecule has 0 aliphatic heterocycles. The number of para-hydroxylation sites is 1. The number of nitrogen functional groups attached to an aromatic ring is 1. The predicted octanol–water partition coefficient (Wildman–Crippen LogP) is 3.07. The van der Waals surface area contributed by atoms with Crippen LogP contribution in [-0.2, 0) is 0 Å². The first kappa shape index (κ1) is 15.2. The van der Waals surface area contributed by atoms with E-state index in [2.05, 4.69) is 0 Å². The molecule has 2 rings (SSSR count). The predicted molar refractivity (Wildman–Crippen MR) is 84.8 cm³/mol. The van der Waals surface area contributed by atoms with Gasteiger partial charge in [0.15, 0.2) is 0 Å². The van der Waals surface area contributed by atoms with Crippen molar-refractivity contribution in [2.24, 2.45) is 0 Å². The first-order valence-corrected chi connectivity index (χ1v) is 6.94. The molecular formula is C16H17ClN2O2. The third-order valence-electron chi connectivity index (χ3n) is 3.05. The number of carbonyl (C=O) groups is 1. The SMILES string of the molecule is CN(CCOc1ccc(Cl)cc1)C(=O)c1ccccc1N. The van der Waals surface area contributed by atoms with Crippen LogP contribution in [0.25, 0.3) is 0 Å². The number of hydrogen-bond acceptors (Lipinski definition) is 3. The molecule has 2 N–H and O–H groups in total. The summed E-state index contributed by atoms with van der Waals surface area (Å²) in [6, 6.07) is 14.1. The maximum Gasteiger partial charge on any atom is 0.255 e. The molecule has 2 aromatic rings. The van der Waals surface area contributed by atoms with Gasteiger partial charge in [-0.05, 0) is 36.4 Å². The number of benzene rings is 2. The lowest BCUT2D eigenvalue weighted by molar-refractivity contribution is 0.0775. The number of rotatable bonds is 5. The van der Waals surface area contributed by atoms with Crippen molar-refractivity contribution in [3.05, 3.63) is 59.1 Å². The molecule has 0 radical (unpaired) electrons. The Labute approximate surface area is 129 Å². The summed E-state index contributed by atoms with van der Waals surface area (Å²) in [5.74, 6) is 0.604. The van der Waals surface area contributed by atoms with Gasteiger partial charge in [0.25, 0.3) is 5.91 Å². The molecule has 0 spiro atoms. The third-order valence-corrected chi connectivity index (χ3v) is 3.30. The molecule has 5 heteroatoms. The molecule has 0 saturated heterocycles. The minimum Gasteiger partial charge on any atom is -0.492 e. The highest BCUT2D eigenvalue weighted by molar-refractivity contribution is 6.30. The van der Waals surface area contributed by atoms with Crippen LogP contribution in [0, 0.1) is 0 Å². The monoisotopic (exact) mass is 304 g/mol. The van der Waals surface area contributed by atoms with Crippen LogP contribution in [0.3, 0.4) is 0 Å². The van der Waals surface area contributed by atoms with Crippen molar-refractivity contribution in [3.63, 3.8) is 0 Å². The number of likely N-dealkylation sites (N-methyl/N-ethyl adjacent to an activating group) is 1. The topological polar surface area (TPSA) is 55.6 Å². The van der Waals surface area contributed by atoms with Gasteiger partial charge in [-0.15, -0.1) is 0 Å². The zero-order valence-electron chi connectivity index (χ0n) is 11.8. The second-order valence-electron chi connectivity index (χ2n) is 4.62. The average molecular weight is 305 g/mol. The van der Waals surface area contributed by atoms with Gasteiger partial charge in [0.05, 0.1) is 12.1 Å². The summed E-state index contributed by atoms with van der Waals surface area (Å²) in [5, 5.41) is 0.661. The summed E-state index contributed by atoms with van der Waals surface area (Å²) < 4.78 is 5.56. The highest BCUT2D eigenvalue weighted by Gasteiger charge is 2.13. The van der Waals surface area contributed by atoms with Gasteiger partial charge in [0, 0.05) is 17.8 Å². The van der Waals surface area contributed by atoms with Gasteiger partial charge in [-0.3, -0.25) is 4.79 Å². The van der Waals surface area contributed by atoms with Crippen molar-refractivity contribution in [2.75, 3.05) is 25.9 Å². The number of amides is 1. The number of hydrogen-bond donors (Lipinski definition) is 1. The highest BCUT2D eigenvalue weighted by atomic mass is 35.5. The number of nitrogens with two attached hydrogens (primary N) is 1. The van der Waals surface area contributed by atoms with Crippen LogP contribution in [0.2, 0.25) is 5.02 Å². The molecule has 0 aliphatic carbocycles. The Hall–Kier alpha value is -2.20. The summed E-state index contributed by atoms with van der Waals surface area (Å²) >= 11 is 5.80. The van der Waals surface area contributed by atoms with Gasteiger partial charge in [0.1, 0.15) is 12.4 Å². The molecule has 2 aromatic carbocycles. The van der Waals surface area contributed by atoms with E-state index in [-0.39, 0.29) is 5.91 Å². The summed E-state index contributed by atoms with van der Waals surface area (Å²) in [7, 11) is 1.72. The van der Waals surface area contributed by atoms with E-state index in [4.69, 9.17) is 22.1 Å². The molecule has 0 aliphatic rings. The smallest absolute Gasteiger partial charge is 0.255 e. The lowest BCUT2D eigenvalue weighted by Gasteiger charge is -2.18. The van der Waals surface area contributed by atoms with Crippen LogP contribution < -0.4 is 10.5 Å². The summed E-state index contributed by atoms with van der Waals surface area (Å²) in [6.45, 7) is 0.867. The minimum absolute atomic E-state index is 0.118. The van der Waals surface area contributed by atoms with Crippen LogP contribution in [0.5, 0.6) is 5.75 Å². The van der Waals surface area contributed by atoms with E-state index < -0.39 is 0 Å². The largest absolute Gasteiger partial charge is 0.492 e. The molecule has 21 heavy (non-hydrogen) atoms. The maximum atomic E-state index is 12.2. The molecule has 110 valence electrons. The highest BCUT2D eigenvalue weighted by Crippen LogP contribution is 2.16. The molecule has 0 fully saturated rings.